The van der Waals surface area contributed by atoms with Crippen molar-refractivity contribution in [3.05, 3.63) is 0 Å². The van der Waals surface area contributed by atoms with Gasteiger partial charge in [-0.25, -0.2) is 0 Å². The fraction of sp³-hybridized carbons (Fsp3) is 0.917. The number of halogens is 1. The molecule has 2 unspecified atom stereocenters. The van der Waals surface area contributed by atoms with Gasteiger partial charge in [-0.05, 0) is 19.3 Å². The van der Waals surface area contributed by atoms with E-state index in [0.717, 1.165) is 26.1 Å². The molecule has 0 aromatic carbocycles. The minimum Gasteiger partial charge on any atom is -0.376 e. The van der Waals surface area contributed by atoms with E-state index in [4.69, 9.17) is 10.5 Å². The van der Waals surface area contributed by atoms with Gasteiger partial charge in [0.2, 0.25) is 5.91 Å². The number of nitrogens with two attached hydrogens (primary N) is 1. The minimum absolute atomic E-state index is 0. The molecule has 1 saturated heterocycles. The van der Waals surface area contributed by atoms with Crippen molar-refractivity contribution in [3.8, 4) is 0 Å². The predicted octanol–water partition coefficient (Wildman–Crippen LogP) is 1.42. The maximum Gasteiger partial charge on any atom is 0.224 e. The molecule has 4 nitrogen and oxygen atoms in total. The second-order valence-corrected chi connectivity index (χ2v) is 5.16. The van der Waals surface area contributed by atoms with Crippen LogP contribution in [-0.2, 0) is 9.53 Å². The zero-order valence-electron chi connectivity index (χ0n) is 11.0. The molecule has 0 aromatic heterocycles. The van der Waals surface area contributed by atoms with Crippen molar-refractivity contribution in [2.75, 3.05) is 19.7 Å². The van der Waals surface area contributed by atoms with Gasteiger partial charge in [0, 0.05) is 32.2 Å². The van der Waals surface area contributed by atoms with E-state index in [-0.39, 0.29) is 30.5 Å². The SMILES string of the molecule is CC(C)COC1CCN(C(=O)CC(C)N)C1.Cl. The molecule has 0 saturated carbocycles. The average Bonchev–Trinajstić information content (AvgIpc) is 2.61. The first-order chi connectivity index (χ1) is 7.49. The van der Waals surface area contributed by atoms with Gasteiger partial charge < -0.3 is 15.4 Å². The van der Waals surface area contributed by atoms with Crippen molar-refractivity contribution in [1.29, 1.82) is 0 Å². The third-order valence-corrected chi connectivity index (χ3v) is 2.66. The average molecular weight is 265 g/mol. The first kappa shape index (κ1) is 16.7. The largest absolute Gasteiger partial charge is 0.376 e. The van der Waals surface area contributed by atoms with Crippen molar-refractivity contribution in [2.24, 2.45) is 11.7 Å². The maximum atomic E-state index is 11.7. The van der Waals surface area contributed by atoms with E-state index in [1.54, 1.807) is 0 Å². The number of ether oxygens (including phenoxy) is 1. The fourth-order valence-electron chi connectivity index (χ4n) is 1.82. The van der Waals surface area contributed by atoms with Crippen molar-refractivity contribution in [2.45, 2.75) is 45.8 Å². The van der Waals surface area contributed by atoms with Crippen molar-refractivity contribution < 1.29 is 9.53 Å². The van der Waals surface area contributed by atoms with Crippen LogP contribution in [-0.4, -0.2) is 42.6 Å². The van der Waals surface area contributed by atoms with E-state index in [9.17, 15) is 4.79 Å². The number of hydrogen-bond acceptors (Lipinski definition) is 3. The lowest BCUT2D eigenvalue weighted by molar-refractivity contribution is -0.131. The number of carbonyl (C=O) groups is 1. The molecule has 2 atom stereocenters. The molecular weight excluding hydrogens is 240 g/mol. The number of nitrogens with zero attached hydrogens (tertiary/aromatic N) is 1. The van der Waals surface area contributed by atoms with Crippen LogP contribution >= 0.6 is 12.4 Å². The van der Waals surface area contributed by atoms with E-state index >= 15 is 0 Å². The molecule has 1 heterocycles. The Balaban J connectivity index is 0.00000256. The zero-order chi connectivity index (χ0) is 12.1. The molecule has 0 bridgehead atoms. The normalized spacial score (nSPS) is 21.5. The molecule has 17 heavy (non-hydrogen) atoms. The lowest BCUT2D eigenvalue weighted by atomic mass is 10.2. The highest BCUT2D eigenvalue weighted by Crippen LogP contribution is 2.15. The molecule has 0 aromatic rings. The van der Waals surface area contributed by atoms with Crippen molar-refractivity contribution in [1.82, 2.24) is 4.90 Å². The third-order valence-electron chi connectivity index (χ3n) is 2.66. The molecule has 2 N–H and O–H groups in total. The summed E-state index contributed by atoms with van der Waals surface area (Å²) in [4.78, 5) is 13.6. The molecule has 102 valence electrons. The predicted molar refractivity (Wildman–Crippen MR) is 71.3 cm³/mol. The smallest absolute Gasteiger partial charge is 0.224 e. The van der Waals surface area contributed by atoms with Crippen LogP contribution in [0.4, 0.5) is 0 Å². The monoisotopic (exact) mass is 264 g/mol. The van der Waals surface area contributed by atoms with E-state index < -0.39 is 0 Å². The van der Waals surface area contributed by atoms with Crippen LogP contribution in [0.1, 0.15) is 33.6 Å². The van der Waals surface area contributed by atoms with Crippen LogP contribution in [0.3, 0.4) is 0 Å². The topological polar surface area (TPSA) is 55.6 Å². The minimum atomic E-state index is -0.0527. The fourth-order valence-corrected chi connectivity index (χ4v) is 1.82. The highest BCUT2D eigenvalue weighted by atomic mass is 35.5. The molecule has 0 aliphatic carbocycles. The summed E-state index contributed by atoms with van der Waals surface area (Å²) in [6, 6.07) is -0.0527. The van der Waals surface area contributed by atoms with Gasteiger partial charge >= 0.3 is 0 Å². The summed E-state index contributed by atoms with van der Waals surface area (Å²) in [5.74, 6) is 0.708. The maximum absolute atomic E-state index is 11.7. The quantitative estimate of drug-likeness (QED) is 0.817. The Bertz CT molecular complexity index is 235. The lowest BCUT2D eigenvalue weighted by Gasteiger charge is -2.18. The van der Waals surface area contributed by atoms with E-state index in [1.165, 1.54) is 0 Å². The van der Waals surface area contributed by atoms with Gasteiger partial charge in [0.25, 0.3) is 0 Å². The van der Waals surface area contributed by atoms with Gasteiger partial charge in [0.1, 0.15) is 0 Å². The Morgan fingerprint density at radius 2 is 2.12 bits per heavy atom. The number of likely N-dealkylation sites (tertiary alicyclic amines) is 1. The number of amides is 1. The third kappa shape index (κ3) is 6.24. The Labute approximate surface area is 110 Å². The second-order valence-electron chi connectivity index (χ2n) is 5.16. The van der Waals surface area contributed by atoms with E-state index in [2.05, 4.69) is 13.8 Å². The number of hydrogen-bond donors (Lipinski definition) is 1. The van der Waals surface area contributed by atoms with E-state index in [1.807, 2.05) is 11.8 Å². The van der Waals surface area contributed by atoms with Crippen LogP contribution in [0.25, 0.3) is 0 Å². The Hall–Kier alpha value is -0.320. The van der Waals surface area contributed by atoms with Gasteiger partial charge in [0.15, 0.2) is 0 Å². The molecule has 1 fully saturated rings. The summed E-state index contributed by atoms with van der Waals surface area (Å²) in [6.07, 6.45) is 1.62. The van der Waals surface area contributed by atoms with Crippen LogP contribution in [0, 0.1) is 5.92 Å². The number of rotatable bonds is 5. The molecule has 1 rings (SSSR count). The summed E-state index contributed by atoms with van der Waals surface area (Å²) in [5, 5.41) is 0. The Kier molecular flexibility index (Phi) is 7.75. The highest BCUT2D eigenvalue weighted by Gasteiger charge is 2.26. The Morgan fingerprint density at radius 1 is 1.47 bits per heavy atom. The molecule has 0 spiro atoms. The number of carbonyl (C=O) groups excluding carboxylic acids is 1. The van der Waals surface area contributed by atoms with Gasteiger partial charge in [-0.1, -0.05) is 13.8 Å². The Morgan fingerprint density at radius 3 is 2.65 bits per heavy atom. The first-order valence-corrected chi connectivity index (χ1v) is 6.14. The second kappa shape index (κ2) is 7.90. The van der Waals surface area contributed by atoms with Gasteiger partial charge in [0.05, 0.1) is 6.10 Å². The van der Waals surface area contributed by atoms with Gasteiger partial charge in [-0.15, -0.1) is 12.4 Å². The molecular formula is C12H25ClN2O2. The summed E-state index contributed by atoms with van der Waals surface area (Å²) in [5.41, 5.74) is 5.62. The molecule has 1 aliphatic rings. The van der Waals surface area contributed by atoms with Crippen LogP contribution in [0.15, 0.2) is 0 Å². The lowest BCUT2D eigenvalue weighted by Crippen LogP contribution is -2.34. The molecule has 1 amide bonds. The van der Waals surface area contributed by atoms with Crippen LogP contribution in [0.2, 0.25) is 0 Å². The summed E-state index contributed by atoms with van der Waals surface area (Å²) in [7, 11) is 0. The molecule has 1 aliphatic heterocycles. The summed E-state index contributed by atoms with van der Waals surface area (Å²) in [6.45, 7) is 8.45. The van der Waals surface area contributed by atoms with Crippen molar-refractivity contribution in [3.63, 3.8) is 0 Å². The van der Waals surface area contributed by atoms with Crippen LogP contribution < -0.4 is 5.73 Å². The molecule has 5 heteroatoms. The standard InChI is InChI=1S/C12H24N2O2.ClH/c1-9(2)8-16-11-4-5-14(7-11)12(15)6-10(3)13;/h9-11H,4-8,13H2,1-3H3;1H. The zero-order valence-corrected chi connectivity index (χ0v) is 11.8. The van der Waals surface area contributed by atoms with E-state index in [0.29, 0.717) is 12.3 Å². The van der Waals surface area contributed by atoms with Crippen LogP contribution in [0.5, 0.6) is 0 Å². The molecule has 0 radical (unpaired) electrons. The first-order valence-electron chi connectivity index (χ1n) is 6.14. The van der Waals surface area contributed by atoms with Gasteiger partial charge in [-0.2, -0.15) is 0 Å². The van der Waals surface area contributed by atoms with Crippen molar-refractivity contribution >= 4 is 18.3 Å². The van der Waals surface area contributed by atoms with Gasteiger partial charge in [-0.3, -0.25) is 4.79 Å². The summed E-state index contributed by atoms with van der Waals surface area (Å²) >= 11 is 0. The summed E-state index contributed by atoms with van der Waals surface area (Å²) < 4.78 is 5.72. The highest BCUT2D eigenvalue weighted by molar-refractivity contribution is 5.85.